The van der Waals surface area contributed by atoms with Crippen molar-refractivity contribution in [3.8, 4) is 0 Å². The van der Waals surface area contributed by atoms with Gasteiger partial charge in [-0.1, -0.05) is 6.92 Å². The van der Waals surface area contributed by atoms with Gasteiger partial charge in [-0.3, -0.25) is 22.9 Å². The lowest BCUT2D eigenvalue weighted by Gasteiger charge is -2.31. The second-order valence-electron chi connectivity index (χ2n) is 7.59. The van der Waals surface area contributed by atoms with Crippen LogP contribution in [0.4, 0.5) is 4.39 Å². The number of fused-ring (bicyclic) bond motifs is 1. The van der Waals surface area contributed by atoms with Gasteiger partial charge in [0.2, 0.25) is 0 Å². The van der Waals surface area contributed by atoms with Crippen LogP contribution in [0.1, 0.15) is 38.3 Å². The van der Waals surface area contributed by atoms with E-state index >= 15 is 4.39 Å². The van der Waals surface area contributed by atoms with E-state index < -0.39 is 42.3 Å². The summed E-state index contributed by atoms with van der Waals surface area (Å²) in [4.78, 5) is 27.8. The summed E-state index contributed by atoms with van der Waals surface area (Å²) >= 11 is 1.17. The number of ether oxygens (including phenoxy) is 1. The number of carbonyl (C=O) groups excluding carboxylic acids is 1. The summed E-state index contributed by atoms with van der Waals surface area (Å²) in [6.07, 6.45) is -1.14. The van der Waals surface area contributed by atoms with Gasteiger partial charge in [0.15, 0.2) is 6.17 Å². The summed E-state index contributed by atoms with van der Waals surface area (Å²) in [6.45, 7) is 6.74. The van der Waals surface area contributed by atoms with Gasteiger partial charge in [-0.05, 0) is 33.3 Å². The van der Waals surface area contributed by atoms with E-state index in [0.717, 1.165) is 0 Å². The summed E-state index contributed by atoms with van der Waals surface area (Å²) in [5.74, 6) is -0.841. The highest BCUT2D eigenvalue weighted by Gasteiger charge is 2.54. The quantitative estimate of drug-likeness (QED) is 0.445. The molecule has 1 unspecified atom stereocenters. The zero-order chi connectivity index (χ0) is 22.1. The van der Waals surface area contributed by atoms with Crippen molar-refractivity contribution in [3.05, 3.63) is 28.4 Å². The zero-order valence-corrected chi connectivity index (χ0v) is 18.9. The fourth-order valence-electron chi connectivity index (χ4n) is 3.09. The Morgan fingerprint density at radius 1 is 1.47 bits per heavy atom. The van der Waals surface area contributed by atoms with Gasteiger partial charge >= 0.3 is 19.5 Å². The second-order valence-corrected chi connectivity index (χ2v) is 10.6. The Hall–Kier alpha value is -1.26. The molecule has 0 aromatic carbocycles. The molecule has 0 bridgehead atoms. The van der Waals surface area contributed by atoms with Crippen LogP contribution in [-0.2, 0) is 27.7 Å². The molecule has 3 heterocycles. The van der Waals surface area contributed by atoms with Crippen LogP contribution in [0.5, 0.6) is 0 Å². The number of phosphoric ester groups is 1. The maximum absolute atomic E-state index is 15.1. The number of halogens is 1. The molecule has 30 heavy (non-hydrogen) atoms. The van der Waals surface area contributed by atoms with Gasteiger partial charge in [0.25, 0.3) is 0 Å². The molecule has 2 fully saturated rings. The van der Waals surface area contributed by atoms with Crippen LogP contribution in [-0.4, -0.2) is 52.4 Å². The fraction of sp³-hybridized carbons (Fsp3) is 0.722. The average Bonchev–Trinajstić information content (AvgIpc) is 2.97. The molecule has 12 heteroatoms. The van der Waals surface area contributed by atoms with Gasteiger partial charge in [0.05, 0.1) is 30.5 Å². The molecule has 0 spiro atoms. The number of hydrogen-bond acceptors (Lipinski definition) is 9. The minimum atomic E-state index is -3.98. The Morgan fingerprint density at radius 2 is 2.20 bits per heavy atom. The van der Waals surface area contributed by atoms with Gasteiger partial charge in [0.1, 0.15) is 11.5 Å². The van der Waals surface area contributed by atoms with Crippen molar-refractivity contribution in [1.29, 1.82) is 0 Å². The van der Waals surface area contributed by atoms with Crippen LogP contribution in [0.3, 0.4) is 0 Å². The maximum atomic E-state index is 15.1. The number of nitrogens with zero attached hydrogens (tertiary/aromatic N) is 2. The molecule has 168 valence electrons. The van der Waals surface area contributed by atoms with Crippen molar-refractivity contribution < 1.29 is 32.1 Å². The van der Waals surface area contributed by atoms with Crippen LogP contribution >= 0.6 is 19.6 Å². The molecular weight excluding hydrogens is 438 g/mol. The molecule has 0 saturated carbocycles. The highest BCUT2D eigenvalue weighted by Crippen LogP contribution is 2.60. The van der Waals surface area contributed by atoms with Gasteiger partial charge in [-0.15, -0.1) is 11.8 Å². The summed E-state index contributed by atoms with van der Waals surface area (Å²) in [5, 5.41) is -1.30. The highest BCUT2D eigenvalue weighted by molar-refractivity contribution is 8.00. The minimum Gasteiger partial charge on any atom is -0.463 e. The van der Waals surface area contributed by atoms with Crippen LogP contribution in [0.2, 0.25) is 0 Å². The predicted molar refractivity (Wildman–Crippen MR) is 108 cm³/mol. The lowest BCUT2D eigenvalue weighted by Crippen LogP contribution is -2.38. The molecular formula is C18H26FN2O7PS. The lowest BCUT2D eigenvalue weighted by molar-refractivity contribution is -0.152. The Balaban J connectivity index is 1.58. The molecule has 2 aliphatic heterocycles. The van der Waals surface area contributed by atoms with Crippen molar-refractivity contribution in [1.82, 2.24) is 9.55 Å². The Labute approximate surface area is 178 Å². The molecule has 0 amide bonds. The number of hydrogen-bond donors (Lipinski definition) is 0. The van der Waals surface area contributed by atoms with E-state index in [-0.39, 0.29) is 31.7 Å². The first-order valence-corrected chi connectivity index (χ1v) is 12.1. The first-order chi connectivity index (χ1) is 14.1. The first-order valence-electron chi connectivity index (χ1n) is 9.73. The van der Waals surface area contributed by atoms with Crippen LogP contribution in [0.15, 0.2) is 17.1 Å². The van der Waals surface area contributed by atoms with E-state index in [0.29, 0.717) is 5.69 Å². The number of phosphoric acid groups is 1. The number of rotatable bonds is 7. The predicted octanol–water partition coefficient (Wildman–Crippen LogP) is 3.02. The lowest BCUT2D eigenvalue weighted by atomic mass is 10.1. The maximum Gasteiger partial charge on any atom is 0.475 e. The van der Waals surface area contributed by atoms with Crippen LogP contribution in [0.25, 0.3) is 0 Å². The van der Waals surface area contributed by atoms with Crippen LogP contribution < -0.4 is 5.69 Å². The van der Waals surface area contributed by atoms with Crippen molar-refractivity contribution in [2.45, 2.75) is 63.1 Å². The third-order valence-corrected chi connectivity index (χ3v) is 7.70. The van der Waals surface area contributed by atoms with E-state index in [1.165, 1.54) is 22.5 Å². The van der Waals surface area contributed by atoms with E-state index in [1.807, 2.05) is 0 Å². The normalized spacial score (nSPS) is 32.1. The molecule has 3 rings (SSSR count). The number of carbonyl (C=O) groups is 1. The van der Waals surface area contributed by atoms with Gasteiger partial charge in [-0.2, -0.15) is 4.98 Å². The van der Waals surface area contributed by atoms with Crippen molar-refractivity contribution in [2.24, 2.45) is 5.92 Å². The Kier molecular flexibility index (Phi) is 7.40. The molecule has 1 aromatic heterocycles. The van der Waals surface area contributed by atoms with Gasteiger partial charge < -0.3 is 4.74 Å². The Bertz CT molecular complexity index is 882. The monoisotopic (exact) mass is 464 g/mol. The number of aryl methyl sites for hydroxylation is 1. The summed E-state index contributed by atoms with van der Waals surface area (Å²) in [6, 6.07) is 1.62. The number of alkyl halides is 1. The molecule has 1 aromatic rings. The third-order valence-electron chi connectivity index (χ3n) is 4.71. The summed E-state index contributed by atoms with van der Waals surface area (Å²) < 4.78 is 50.1. The summed E-state index contributed by atoms with van der Waals surface area (Å²) in [7, 11) is -3.98. The SMILES string of the molecule is Cc1ccn([C@@H]2S[C@@H]3COP(=O)(OCC[C@@H](C)C(=O)OC(C)C)O[C@H]3[C@@H]2F)c(=O)n1. The number of aromatic nitrogens is 2. The van der Waals surface area contributed by atoms with E-state index in [4.69, 9.17) is 18.3 Å². The number of esters is 1. The fourth-order valence-corrected chi connectivity index (χ4v) is 6.16. The smallest absolute Gasteiger partial charge is 0.463 e. The van der Waals surface area contributed by atoms with Crippen LogP contribution in [0, 0.1) is 12.8 Å². The van der Waals surface area contributed by atoms with E-state index in [9.17, 15) is 14.2 Å². The molecule has 0 aliphatic carbocycles. The van der Waals surface area contributed by atoms with E-state index in [2.05, 4.69) is 4.98 Å². The first kappa shape index (κ1) is 23.4. The van der Waals surface area contributed by atoms with Crippen molar-refractivity contribution in [2.75, 3.05) is 13.2 Å². The summed E-state index contributed by atoms with van der Waals surface area (Å²) in [5.41, 5.74) is -0.0209. The van der Waals surface area contributed by atoms with E-state index in [1.54, 1.807) is 33.8 Å². The molecule has 9 nitrogen and oxygen atoms in total. The third kappa shape index (κ3) is 5.31. The molecule has 2 saturated heterocycles. The topological polar surface area (TPSA) is 106 Å². The van der Waals surface area contributed by atoms with Crippen molar-refractivity contribution >= 4 is 25.6 Å². The molecule has 0 radical (unpaired) electrons. The minimum absolute atomic E-state index is 0.0392. The number of thioether (sulfide) groups is 1. The standard InChI is InChI=1S/C18H26FN2O7PS/c1-10(2)27-17(22)11(3)6-8-25-29(24)26-9-13-15(28-29)14(19)16(30-13)21-7-5-12(4)20-18(21)23/h5,7,10-11,13-16H,6,8-9H2,1-4H3/t11-,13-,14+,15-,16-,29?/m1/s1. The highest BCUT2D eigenvalue weighted by atomic mass is 32.2. The Morgan fingerprint density at radius 3 is 2.87 bits per heavy atom. The van der Waals surface area contributed by atoms with Gasteiger partial charge in [0, 0.05) is 11.9 Å². The molecule has 0 N–H and O–H groups in total. The van der Waals surface area contributed by atoms with Crippen molar-refractivity contribution in [3.63, 3.8) is 0 Å². The average molecular weight is 464 g/mol. The zero-order valence-electron chi connectivity index (χ0n) is 17.2. The molecule has 2 aliphatic rings. The molecule has 6 atom stereocenters. The second kappa shape index (κ2) is 9.48. The largest absolute Gasteiger partial charge is 0.475 e. The van der Waals surface area contributed by atoms with Gasteiger partial charge in [-0.25, -0.2) is 13.8 Å².